The van der Waals surface area contributed by atoms with E-state index in [1.165, 1.54) is 18.2 Å². The van der Waals surface area contributed by atoms with Crippen LogP contribution in [-0.4, -0.2) is 51.8 Å². The lowest BCUT2D eigenvalue weighted by Gasteiger charge is -2.22. The molecule has 0 spiro atoms. The van der Waals surface area contributed by atoms with E-state index in [1.807, 2.05) is 37.3 Å². The number of likely N-dealkylation sites (tertiary alicyclic amines) is 1. The third-order valence-electron chi connectivity index (χ3n) is 5.60. The summed E-state index contributed by atoms with van der Waals surface area (Å²) < 4.78 is 32.8. The van der Waals surface area contributed by atoms with Gasteiger partial charge in [0.15, 0.2) is 5.06 Å². The Bertz CT molecular complexity index is 978. The summed E-state index contributed by atoms with van der Waals surface area (Å²) in [5.74, 6) is -4.75. The number of hydrogen-bond acceptors (Lipinski definition) is 5. The van der Waals surface area contributed by atoms with E-state index in [-0.39, 0.29) is 17.5 Å². The van der Waals surface area contributed by atoms with E-state index in [1.54, 1.807) is 6.07 Å². The summed E-state index contributed by atoms with van der Waals surface area (Å²) in [7, 11) is 0. The summed E-state index contributed by atoms with van der Waals surface area (Å²) in [6.07, 6.45) is 1.76. The molecule has 0 bridgehead atoms. The average Bonchev–Trinajstić information content (AvgIpc) is 3.28. The minimum atomic E-state index is -3.43. The fourth-order valence-electron chi connectivity index (χ4n) is 3.86. The molecule has 178 valence electrons. The number of ether oxygens (including phenoxy) is 1. The Morgan fingerprint density at radius 3 is 2.73 bits per heavy atom. The van der Waals surface area contributed by atoms with Gasteiger partial charge in [-0.05, 0) is 42.9 Å². The number of aliphatic hydroxyl groups is 1. The Kier molecular flexibility index (Phi) is 8.20. The number of aryl methyl sites for hydroxylation is 1. The number of benzene rings is 1. The number of thiophene rings is 1. The molecular formula is C24H27F2NO5S. The lowest BCUT2D eigenvalue weighted by molar-refractivity contribution is -0.148. The molecule has 0 unspecified atom stereocenters. The predicted octanol–water partition coefficient (Wildman–Crippen LogP) is 4.77. The van der Waals surface area contributed by atoms with Crippen LogP contribution in [0.3, 0.4) is 0 Å². The number of alkyl halides is 2. The Morgan fingerprint density at radius 1 is 1.30 bits per heavy atom. The van der Waals surface area contributed by atoms with Crippen LogP contribution in [0.2, 0.25) is 0 Å². The van der Waals surface area contributed by atoms with Gasteiger partial charge in [-0.15, -0.1) is 11.3 Å². The molecule has 0 saturated carbocycles. The molecule has 33 heavy (non-hydrogen) atoms. The summed E-state index contributed by atoms with van der Waals surface area (Å²) in [5, 5.41) is 19.4. The molecule has 2 aromatic rings. The van der Waals surface area contributed by atoms with Gasteiger partial charge in [0.25, 0.3) is 5.91 Å². The quantitative estimate of drug-likeness (QED) is 0.379. The Morgan fingerprint density at radius 2 is 2.03 bits per heavy atom. The first kappa shape index (κ1) is 24.9. The van der Waals surface area contributed by atoms with Gasteiger partial charge in [-0.3, -0.25) is 4.79 Å². The molecule has 1 aliphatic rings. The number of hydrogen-bond donors (Lipinski definition) is 2. The van der Waals surface area contributed by atoms with E-state index in [0.29, 0.717) is 19.3 Å². The van der Waals surface area contributed by atoms with Crippen molar-refractivity contribution in [2.24, 2.45) is 5.92 Å². The second-order valence-corrected chi connectivity index (χ2v) is 9.34. The van der Waals surface area contributed by atoms with Crippen molar-refractivity contribution in [1.29, 1.82) is 0 Å². The third kappa shape index (κ3) is 6.85. The highest BCUT2D eigenvalue weighted by Crippen LogP contribution is 2.35. The van der Waals surface area contributed by atoms with Crippen molar-refractivity contribution in [2.45, 2.75) is 50.7 Å². The number of aliphatic hydroxyl groups excluding tert-OH is 1. The summed E-state index contributed by atoms with van der Waals surface area (Å²) in [5.41, 5.74) is 1.08. The first-order chi connectivity index (χ1) is 15.7. The molecule has 2 heterocycles. The monoisotopic (exact) mass is 479 g/mol. The fraction of sp³-hybridized carbons (Fsp3) is 0.417. The molecule has 6 nitrogen and oxygen atoms in total. The summed E-state index contributed by atoms with van der Waals surface area (Å²) in [6.45, 7) is 2.02. The van der Waals surface area contributed by atoms with E-state index >= 15 is 0 Å². The van der Waals surface area contributed by atoms with Crippen molar-refractivity contribution < 1.29 is 33.3 Å². The highest BCUT2D eigenvalue weighted by Gasteiger charge is 2.52. The molecule has 1 fully saturated rings. The second kappa shape index (κ2) is 10.9. The maximum Gasteiger partial charge on any atom is 0.512 e. The van der Waals surface area contributed by atoms with Crippen LogP contribution in [0.25, 0.3) is 0 Å². The SMILES string of the molecule is C[C@@H](Cc1ccccc1)[C@H](O)/C=C/[C@H]1CC(F)(F)C(=O)N1CCCc1ccc(OC(=O)O)s1. The van der Waals surface area contributed by atoms with Crippen LogP contribution in [-0.2, 0) is 17.6 Å². The smallest absolute Gasteiger partial charge is 0.449 e. The van der Waals surface area contributed by atoms with E-state index < -0.39 is 36.6 Å². The van der Waals surface area contributed by atoms with Gasteiger partial charge in [0.05, 0.1) is 12.1 Å². The number of carbonyl (C=O) groups is 2. The predicted molar refractivity (Wildman–Crippen MR) is 121 cm³/mol. The molecule has 0 aliphatic carbocycles. The summed E-state index contributed by atoms with van der Waals surface area (Å²) >= 11 is 1.16. The Hall–Kier alpha value is -2.78. The zero-order valence-corrected chi connectivity index (χ0v) is 19.0. The number of carbonyl (C=O) groups excluding carboxylic acids is 1. The molecule has 3 rings (SSSR count). The van der Waals surface area contributed by atoms with Gasteiger partial charge >= 0.3 is 12.1 Å². The maximum atomic E-state index is 14.1. The van der Waals surface area contributed by atoms with Gasteiger partial charge in [0.1, 0.15) is 0 Å². The van der Waals surface area contributed by atoms with Gasteiger partial charge in [-0.2, -0.15) is 8.78 Å². The van der Waals surface area contributed by atoms with Gasteiger partial charge in [0.2, 0.25) is 0 Å². The summed E-state index contributed by atoms with van der Waals surface area (Å²) in [6, 6.07) is 12.1. The highest BCUT2D eigenvalue weighted by molar-refractivity contribution is 7.13. The van der Waals surface area contributed by atoms with Crippen molar-refractivity contribution in [3.63, 3.8) is 0 Å². The molecule has 9 heteroatoms. The average molecular weight is 480 g/mol. The first-order valence-corrected chi connectivity index (χ1v) is 11.6. The molecule has 0 radical (unpaired) electrons. The number of carboxylic acid groups (broad SMARTS) is 1. The van der Waals surface area contributed by atoms with E-state index in [4.69, 9.17) is 5.11 Å². The topological polar surface area (TPSA) is 87.1 Å². The molecule has 3 atom stereocenters. The minimum absolute atomic E-state index is 0.115. The van der Waals surface area contributed by atoms with Crippen LogP contribution in [0.1, 0.15) is 30.2 Å². The van der Waals surface area contributed by atoms with E-state index in [0.717, 1.165) is 26.7 Å². The zero-order valence-electron chi connectivity index (χ0n) is 18.2. The van der Waals surface area contributed by atoms with Crippen molar-refractivity contribution >= 4 is 23.4 Å². The fourth-order valence-corrected chi connectivity index (χ4v) is 4.75. The lowest BCUT2D eigenvalue weighted by Crippen LogP contribution is -2.37. The Labute approximate surface area is 195 Å². The van der Waals surface area contributed by atoms with E-state index in [9.17, 15) is 23.5 Å². The van der Waals surface area contributed by atoms with Crippen molar-refractivity contribution in [2.75, 3.05) is 6.54 Å². The second-order valence-electron chi connectivity index (χ2n) is 8.21. The maximum absolute atomic E-state index is 14.1. The lowest BCUT2D eigenvalue weighted by atomic mass is 9.95. The van der Waals surface area contributed by atoms with Crippen molar-refractivity contribution in [1.82, 2.24) is 4.90 Å². The number of rotatable bonds is 10. The molecule has 2 N–H and O–H groups in total. The van der Waals surface area contributed by atoms with Gasteiger partial charge < -0.3 is 19.8 Å². The van der Waals surface area contributed by atoms with E-state index in [2.05, 4.69) is 4.74 Å². The molecule has 1 aromatic heterocycles. The van der Waals surface area contributed by atoms with Gasteiger partial charge in [-0.1, -0.05) is 49.4 Å². The standard InChI is InChI=1S/C24H27F2NO5S/c1-16(14-17-6-3-2-4-7-17)20(28)11-9-18-15-24(25,26)22(29)27(18)13-5-8-19-10-12-21(33-19)32-23(30)31/h2-4,6-7,9-12,16,18,20,28H,5,8,13-15H2,1H3,(H,30,31)/b11-9+/t16-,18-,20+/m0/s1. The molecule has 1 amide bonds. The van der Waals surface area contributed by atoms with Gasteiger partial charge in [0, 0.05) is 17.8 Å². The van der Waals surface area contributed by atoms with Crippen molar-refractivity contribution in [3.8, 4) is 5.06 Å². The molecule has 1 saturated heterocycles. The third-order valence-corrected chi connectivity index (χ3v) is 6.62. The van der Waals surface area contributed by atoms with Crippen molar-refractivity contribution in [3.05, 3.63) is 65.1 Å². The first-order valence-electron chi connectivity index (χ1n) is 10.7. The van der Waals surface area contributed by atoms with Gasteiger partial charge in [-0.25, -0.2) is 4.79 Å². The molecule has 1 aromatic carbocycles. The largest absolute Gasteiger partial charge is 0.512 e. The Balaban J connectivity index is 1.57. The van der Waals surface area contributed by atoms with Crippen LogP contribution in [0.4, 0.5) is 13.6 Å². The number of amides is 1. The number of halogens is 2. The zero-order chi connectivity index (χ0) is 24.0. The highest BCUT2D eigenvalue weighted by atomic mass is 32.1. The van der Waals surface area contributed by atoms with Crippen LogP contribution in [0.5, 0.6) is 5.06 Å². The minimum Gasteiger partial charge on any atom is -0.449 e. The summed E-state index contributed by atoms with van der Waals surface area (Å²) in [4.78, 5) is 24.8. The molecular weight excluding hydrogens is 452 g/mol. The van der Waals surface area contributed by atoms with Crippen LogP contribution in [0, 0.1) is 5.92 Å². The van der Waals surface area contributed by atoms with Crippen LogP contribution in [0.15, 0.2) is 54.6 Å². The van der Waals surface area contributed by atoms with Crippen LogP contribution >= 0.6 is 11.3 Å². The normalized spacial score (nSPS) is 19.7. The molecule has 1 aliphatic heterocycles. The number of nitrogens with zero attached hydrogens (tertiary/aromatic N) is 1. The van der Waals surface area contributed by atoms with Crippen LogP contribution < -0.4 is 4.74 Å².